The SMILES string of the molecule is CCCCN(CC)c1nc(C)nc2c(I)cccc12. The van der Waals surface area contributed by atoms with E-state index in [0.717, 1.165) is 35.6 Å². The van der Waals surface area contributed by atoms with Gasteiger partial charge < -0.3 is 4.90 Å². The molecule has 0 saturated carbocycles. The minimum atomic E-state index is 0.849. The van der Waals surface area contributed by atoms with Gasteiger partial charge in [-0.2, -0.15) is 0 Å². The summed E-state index contributed by atoms with van der Waals surface area (Å²) in [5, 5.41) is 1.16. The van der Waals surface area contributed by atoms with Crippen LogP contribution in [0.4, 0.5) is 5.82 Å². The van der Waals surface area contributed by atoms with E-state index in [1.54, 1.807) is 0 Å². The molecular formula is C15H20IN3. The number of anilines is 1. The lowest BCUT2D eigenvalue weighted by atomic mass is 10.2. The van der Waals surface area contributed by atoms with Crippen LogP contribution in [-0.4, -0.2) is 23.1 Å². The molecule has 0 aliphatic rings. The van der Waals surface area contributed by atoms with Gasteiger partial charge in [-0.25, -0.2) is 9.97 Å². The molecule has 0 spiro atoms. The molecular weight excluding hydrogens is 349 g/mol. The second-order valence-corrected chi connectivity index (χ2v) is 5.83. The van der Waals surface area contributed by atoms with E-state index >= 15 is 0 Å². The number of fused-ring (bicyclic) bond motifs is 1. The third-order valence-electron chi connectivity index (χ3n) is 3.23. The minimum Gasteiger partial charge on any atom is -0.356 e. The Labute approximate surface area is 128 Å². The van der Waals surface area contributed by atoms with Crippen molar-refractivity contribution in [3.63, 3.8) is 0 Å². The molecule has 2 aromatic rings. The van der Waals surface area contributed by atoms with E-state index < -0.39 is 0 Å². The number of para-hydroxylation sites is 1. The van der Waals surface area contributed by atoms with Crippen LogP contribution in [0.1, 0.15) is 32.5 Å². The van der Waals surface area contributed by atoms with Crippen LogP contribution in [0.25, 0.3) is 10.9 Å². The van der Waals surface area contributed by atoms with Crippen molar-refractivity contribution in [2.45, 2.75) is 33.6 Å². The predicted molar refractivity (Wildman–Crippen MR) is 89.8 cm³/mol. The summed E-state index contributed by atoms with van der Waals surface area (Å²) in [7, 11) is 0. The van der Waals surface area contributed by atoms with E-state index in [1.807, 2.05) is 6.92 Å². The predicted octanol–water partition coefficient (Wildman–Crippen LogP) is 4.17. The Hall–Kier alpha value is -0.910. The van der Waals surface area contributed by atoms with Crippen LogP contribution in [0.5, 0.6) is 0 Å². The molecule has 1 aromatic carbocycles. The van der Waals surface area contributed by atoms with Gasteiger partial charge in [0.05, 0.1) is 5.52 Å². The maximum absolute atomic E-state index is 4.68. The summed E-state index contributed by atoms with van der Waals surface area (Å²) >= 11 is 2.35. The van der Waals surface area contributed by atoms with Gasteiger partial charge in [-0.1, -0.05) is 19.4 Å². The highest BCUT2D eigenvalue weighted by atomic mass is 127. The Kier molecular flexibility index (Phi) is 4.96. The number of halogens is 1. The van der Waals surface area contributed by atoms with Gasteiger partial charge in [0.2, 0.25) is 0 Å². The largest absolute Gasteiger partial charge is 0.356 e. The molecule has 0 saturated heterocycles. The van der Waals surface area contributed by atoms with Gasteiger partial charge in [0.25, 0.3) is 0 Å². The fourth-order valence-corrected chi connectivity index (χ4v) is 2.83. The molecule has 3 nitrogen and oxygen atoms in total. The number of benzene rings is 1. The summed E-state index contributed by atoms with van der Waals surface area (Å²) < 4.78 is 1.19. The number of hydrogen-bond donors (Lipinski definition) is 0. The first-order valence-electron chi connectivity index (χ1n) is 6.85. The maximum Gasteiger partial charge on any atom is 0.140 e. The minimum absolute atomic E-state index is 0.849. The molecule has 0 radical (unpaired) electrons. The average Bonchev–Trinajstić information content (AvgIpc) is 2.40. The molecule has 1 heterocycles. The fourth-order valence-electron chi connectivity index (χ4n) is 2.21. The number of hydrogen-bond acceptors (Lipinski definition) is 3. The van der Waals surface area contributed by atoms with Crippen LogP contribution >= 0.6 is 22.6 Å². The smallest absolute Gasteiger partial charge is 0.140 e. The molecule has 0 aliphatic carbocycles. The normalized spacial score (nSPS) is 10.9. The third-order valence-corrected chi connectivity index (χ3v) is 4.10. The van der Waals surface area contributed by atoms with E-state index in [-0.39, 0.29) is 0 Å². The molecule has 1 aromatic heterocycles. The second-order valence-electron chi connectivity index (χ2n) is 4.66. The summed E-state index contributed by atoms with van der Waals surface area (Å²) in [6.07, 6.45) is 2.40. The molecule has 0 aliphatic heterocycles. The van der Waals surface area contributed by atoms with Gasteiger partial charge in [0, 0.05) is 22.0 Å². The topological polar surface area (TPSA) is 29.0 Å². The zero-order valence-electron chi connectivity index (χ0n) is 11.8. The van der Waals surface area contributed by atoms with Crippen molar-refractivity contribution >= 4 is 39.3 Å². The molecule has 0 N–H and O–H groups in total. The monoisotopic (exact) mass is 369 g/mol. The third kappa shape index (κ3) is 3.16. The number of rotatable bonds is 5. The fraction of sp³-hybridized carbons (Fsp3) is 0.467. The molecule has 4 heteroatoms. The lowest BCUT2D eigenvalue weighted by Gasteiger charge is -2.23. The molecule has 0 fully saturated rings. The molecule has 102 valence electrons. The first-order chi connectivity index (χ1) is 9.17. The lowest BCUT2D eigenvalue weighted by molar-refractivity contribution is 0.724. The van der Waals surface area contributed by atoms with Gasteiger partial charge >= 0.3 is 0 Å². The first-order valence-corrected chi connectivity index (χ1v) is 7.93. The van der Waals surface area contributed by atoms with E-state index in [1.165, 1.54) is 16.4 Å². The number of unbranched alkanes of at least 4 members (excludes halogenated alkanes) is 1. The van der Waals surface area contributed by atoms with Gasteiger partial charge in [0.15, 0.2) is 0 Å². The van der Waals surface area contributed by atoms with Crippen molar-refractivity contribution in [2.75, 3.05) is 18.0 Å². The summed E-state index contributed by atoms with van der Waals surface area (Å²) in [4.78, 5) is 11.6. The highest BCUT2D eigenvalue weighted by Crippen LogP contribution is 2.27. The van der Waals surface area contributed by atoms with Crippen LogP contribution in [-0.2, 0) is 0 Å². The molecule has 0 atom stereocenters. The van der Waals surface area contributed by atoms with Crippen molar-refractivity contribution < 1.29 is 0 Å². The Balaban J connectivity index is 2.54. The Morgan fingerprint density at radius 1 is 1.21 bits per heavy atom. The number of aryl methyl sites for hydroxylation is 1. The van der Waals surface area contributed by atoms with Gasteiger partial charge in [-0.15, -0.1) is 0 Å². The van der Waals surface area contributed by atoms with E-state index in [4.69, 9.17) is 0 Å². The Morgan fingerprint density at radius 3 is 2.68 bits per heavy atom. The number of nitrogens with zero attached hydrogens (tertiary/aromatic N) is 3. The summed E-state index contributed by atoms with van der Waals surface area (Å²) in [6, 6.07) is 6.31. The quantitative estimate of drug-likeness (QED) is 0.741. The van der Waals surface area contributed by atoms with Gasteiger partial charge in [-0.3, -0.25) is 0 Å². The second kappa shape index (κ2) is 6.50. The van der Waals surface area contributed by atoms with Crippen LogP contribution in [0.15, 0.2) is 18.2 Å². The van der Waals surface area contributed by atoms with Crippen LogP contribution in [0.2, 0.25) is 0 Å². The van der Waals surface area contributed by atoms with E-state index in [9.17, 15) is 0 Å². The highest BCUT2D eigenvalue weighted by molar-refractivity contribution is 14.1. The van der Waals surface area contributed by atoms with E-state index in [0.29, 0.717) is 0 Å². The van der Waals surface area contributed by atoms with Crippen LogP contribution < -0.4 is 4.90 Å². The van der Waals surface area contributed by atoms with Crippen molar-refractivity contribution in [1.82, 2.24) is 9.97 Å². The molecule has 0 amide bonds. The molecule has 2 rings (SSSR count). The van der Waals surface area contributed by atoms with Crippen molar-refractivity contribution in [1.29, 1.82) is 0 Å². The van der Waals surface area contributed by atoms with Crippen LogP contribution in [0, 0.1) is 10.5 Å². The lowest BCUT2D eigenvalue weighted by Crippen LogP contribution is -2.25. The van der Waals surface area contributed by atoms with Gasteiger partial charge in [0.1, 0.15) is 11.6 Å². The van der Waals surface area contributed by atoms with E-state index in [2.05, 4.69) is 69.5 Å². The van der Waals surface area contributed by atoms with Crippen molar-refractivity contribution in [2.24, 2.45) is 0 Å². The number of aromatic nitrogens is 2. The highest BCUT2D eigenvalue weighted by Gasteiger charge is 2.13. The average molecular weight is 369 g/mol. The van der Waals surface area contributed by atoms with Crippen molar-refractivity contribution in [3.05, 3.63) is 27.6 Å². The van der Waals surface area contributed by atoms with Crippen LogP contribution in [0.3, 0.4) is 0 Å². The van der Waals surface area contributed by atoms with Gasteiger partial charge in [-0.05, 0) is 55.0 Å². The molecule has 19 heavy (non-hydrogen) atoms. The standard InChI is InChI=1S/C15H20IN3/c1-4-6-10-19(5-2)15-12-8-7-9-13(16)14(12)17-11(3)18-15/h7-9H,4-6,10H2,1-3H3. The molecule has 0 bridgehead atoms. The Morgan fingerprint density at radius 2 is 2.00 bits per heavy atom. The summed E-state index contributed by atoms with van der Waals surface area (Å²) in [5.41, 5.74) is 1.07. The maximum atomic E-state index is 4.68. The van der Waals surface area contributed by atoms with Crippen molar-refractivity contribution in [3.8, 4) is 0 Å². The summed E-state index contributed by atoms with van der Waals surface area (Å²) in [6.45, 7) is 8.42. The first kappa shape index (κ1) is 14.5. The molecule has 0 unspecified atom stereocenters. The summed E-state index contributed by atoms with van der Waals surface area (Å²) in [5.74, 6) is 1.93. The zero-order chi connectivity index (χ0) is 13.8. The zero-order valence-corrected chi connectivity index (χ0v) is 13.9. The Bertz CT molecular complexity index is 569.